The van der Waals surface area contributed by atoms with Gasteiger partial charge >= 0.3 is 6.09 Å². The minimum Gasteiger partial charge on any atom is -0.474 e. The molecule has 0 saturated heterocycles. The zero-order valence-electron chi connectivity index (χ0n) is 23.2. The van der Waals surface area contributed by atoms with Gasteiger partial charge in [0, 0.05) is 56.6 Å². The molecule has 0 unspecified atom stereocenters. The highest BCUT2D eigenvalue weighted by Gasteiger charge is 2.25. The van der Waals surface area contributed by atoms with Crippen LogP contribution in [0.4, 0.5) is 4.79 Å². The van der Waals surface area contributed by atoms with Crippen LogP contribution in [0, 0.1) is 0 Å². The lowest BCUT2D eigenvalue weighted by Crippen LogP contribution is -2.40. The van der Waals surface area contributed by atoms with Gasteiger partial charge in [-0.25, -0.2) is 14.5 Å². The number of nitrogens with one attached hydrogen (secondary N) is 1. The standard InChI is InChI=1S/C29H36N6O4Si/c1-40(2,3)14-13-38-19-35-26-18-31-25(20-7-6-12-30-17-20)16-23(26)28(34-35)24-10-5-11-27(33-24)39-22-9-4-8-21(15-22)32-29(36)37/h5-7,10-12,16-18,21-22,32H,4,8-9,13-15,19H2,1-3H3,(H,36,37)/t21-,22+/m0/s1. The highest BCUT2D eigenvalue weighted by atomic mass is 28.3. The predicted octanol–water partition coefficient (Wildman–Crippen LogP) is 5.83. The van der Waals surface area contributed by atoms with E-state index in [1.807, 2.05) is 47.3 Å². The van der Waals surface area contributed by atoms with Crippen molar-refractivity contribution in [3.8, 4) is 28.5 Å². The van der Waals surface area contributed by atoms with Gasteiger partial charge in [0.1, 0.15) is 18.5 Å². The van der Waals surface area contributed by atoms with Crippen molar-refractivity contribution in [2.45, 2.75) is 70.2 Å². The number of nitrogens with zero attached hydrogens (tertiary/aromatic N) is 5. The molecule has 0 aliphatic heterocycles. The highest BCUT2D eigenvalue weighted by molar-refractivity contribution is 6.76. The van der Waals surface area contributed by atoms with Crippen LogP contribution in [0.2, 0.25) is 25.7 Å². The Hall–Kier alpha value is -3.83. The largest absolute Gasteiger partial charge is 0.474 e. The van der Waals surface area contributed by atoms with Crippen LogP contribution in [-0.4, -0.2) is 62.8 Å². The van der Waals surface area contributed by atoms with Crippen molar-refractivity contribution in [1.29, 1.82) is 0 Å². The molecule has 1 aliphatic rings. The molecule has 1 saturated carbocycles. The molecule has 4 aromatic heterocycles. The third kappa shape index (κ3) is 7.02. The zero-order chi connectivity index (χ0) is 28.1. The zero-order valence-corrected chi connectivity index (χ0v) is 24.2. The number of pyridine rings is 3. The maximum atomic E-state index is 11.1. The number of aromatic nitrogens is 5. The number of rotatable bonds is 10. The SMILES string of the molecule is C[Si](C)(C)CCOCn1nc(-c2cccc(O[C@@H]3CCC[C@H](NC(=O)O)C3)n2)c2cc(-c3cccnc3)ncc21. The van der Waals surface area contributed by atoms with Crippen LogP contribution < -0.4 is 10.1 Å². The van der Waals surface area contributed by atoms with Gasteiger partial charge in [-0.3, -0.25) is 9.97 Å². The molecule has 0 aromatic carbocycles. The van der Waals surface area contributed by atoms with Crippen LogP contribution in [0.15, 0.2) is 55.0 Å². The van der Waals surface area contributed by atoms with Crippen molar-refractivity contribution >= 4 is 25.1 Å². The van der Waals surface area contributed by atoms with E-state index < -0.39 is 14.2 Å². The topological polar surface area (TPSA) is 124 Å². The van der Waals surface area contributed by atoms with Gasteiger partial charge in [0.2, 0.25) is 5.88 Å². The van der Waals surface area contributed by atoms with E-state index in [2.05, 4.69) is 29.9 Å². The molecule has 1 aliphatic carbocycles. The third-order valence-corrected chi connectivity index (χ3v) is 8.72. The Kier molecular flexibility index (Phi) is 8.41. The second kappa shape index (κ2) is 12.1. The van der Waals surface area contributed by atoms with Gasteiger partial charge in [0.05, 0.1) is 23.1 Å². The molecule has 11 heteroatoms. The van der Waals surface area contributed by atoms with Gasteiger partial charge in [-0.05, 0) is 49.6 Å². The average molecular weight is 561 g/mol. The smallest absolute Gasteiger partial charge is 0.404 e. The number of hydrogen-bond acceptors (Lipinski definition) is 7. The van der Waals surface area contributed by atoms with Gasteiger partial charge in [-0.1, -0.05) is 25.7 Å². The summed E-state index contributed by atoms with van der Waals surface area (Å²) in [5.41, 5.74) is 3.98. The molecule has 4 heterocycles. The maximum Gasteiger partial charge on any atom is 0.404 e. The summed E-state index contributed by atoms with van der Waals surface area (Å²) >= 11 is 0. The first-order valence-electron chi connectivity index (χ1n) is 13.7. The first kappa shape index (κ1) is 27.7. The fourth-order valence-corrected chi connectivity index (χ4v) is 5.66. The van der Waals surface area contributed by atoms with Crippen molar-refractivity contribution in [3.05, 3.63) is 55.0 Å². The van der Waals surface area contributed by atoms with E-state index in [4.69, 9.17) is 29.6 Å². The maximum absolute atomic E-state index is 11.1. The van der Waals surface area contributed by atoms with Crippen LogP contribution in [-0.2, 0) is 11.5 Å². The lowest BCUT2D eigenvalue weighted by atomic mass is 9.93. The first-order chi connectivity index (χ1) is 19.2. The van der Waals surface area contributed by atoms with Crippen molar-refractivity contribution in [2.24, 2.45) is 0 Å². The van der Waals surface area contributed by atoms with E-state index in [-0.39, 0.29) is 12.1 Å². The minimum atomic E-state index is -1.21. The number of carbonyl (C=O) groups is 1. The van der Waals surface area contributed by atoms with Crippen LogP contribution in [0.1, 0.15) is 25.7 Å². The summed E-state index contributed by atoms with van der Waals surface area (Å²) in [6.07, 6.45) is 7.44. The molecule has 1 amide bonds. The van der Waals surface area contributed by atoms with E-state index in [1.54, 1.807) is 12.4 Å². The monoisotopic (exact) mass is 560 g/mol. The molecule has 10 nitrogen and oxygen atoms in total. The molecular formula is C29H36N6O4Si. The summed E-state index contributed by atoms with van der Waals surface area (Å²) in [5.74, 6) is 0.495. The molecule has 40 heavy (non-hydrogen) atoms. The lowest BCUT2D eigenvalue weighted by Gasteiger charge is -2.29. The highest BCUT2D eigenvalue weighted by Crippen LogP contribution is 2.31. The van der Waals surface area contributed by atoms with E-state index in [0.29, 0.717) is 31.3 Å². The Morgan fingerprint density at radius 2 is 2.02 bits per heavy atom. The quantitative estimate of drug-likeness (QED) is 0.184. The summed E-state index contributed by atoms with van der Waals surface area (Å²) in [7, 11) is -1.21. The fraction of sp³-hybridized carbons (Fsp3) is 0.414. The van der Waals surface area contributed by atoms with E-state index >= 15 is 0 Å². The summed E-state index contributed by atoms with van der Waals surface area (Å²) in [6, 6.07) is 12.5. The van der Waals surface area contributed by atoms with E-state index in [1.165, 1.54) is 0 Å². The van der Waals surface area contributed by atoms with Crippen LogP contribution >= 0.6 is 0 Å². The Labute approximate surface area is 234 Å². The number of ether oxygens (including phenoxy) is 2. The molecule has 2 atom stereocenters. The molecule has 2 N–H and O–H groups in total. The molecule has 5 rings (SSSR count). The molecule has 0 bridgehead atoms. The van der Waals surface area contributed by atoms with Gasteiger partial charge in [0.25, 0.3) is 0 Å². The van der Waals surface area contributed by atoms with Crippen molar-refractivity contribution in [3.63, 3.8) is 0 Å². The summed E-state index contributed by atoms with van der Waals surface area (Å²) in [4.78, 5) is 24.8. The molecule has 1 fully saturated rings. The Morgan fingerprint density at radius 1 is 1.15 bits per heavy atom. The molecule has 0 radical (unpaired) electrons. The number of fused-ring (bicyclic) bond motifs is 1. The summed E-state index contributed by atoms with van der Waals surface area (Å²) in [6.45, 7) is 8.01. The van der Waals surface area contributed by atoms with Crippen LogP contribution in [0.3, 0.4) is 0 Å². The normalized spacial score (nSPS) is 17.6. The van der Waals surface area contributed by atoms with E-state index in [0.717, 1.165) is 53.2 Å². The van der Waals surface area contributed by atoms with Gasteiger partial charge in [0.15, 0.2) is 0 Å². The van der Waals surface area contributed by atoms with Gasteiger partial charge in [-0.2, -0.15) is 5.10 Å². The number of hydrogen-bond donors (Lipinski definition) is 2. The van der Waals surface area contributed by atoms with Crippen molar-refractivity contribution in [2.75, 3.05) is 6.61 Å². The average Bonchev–Trinajstić information content (AvgIpc) is 3.29. The Bertz CT molecular complexity index is 1460. The summed E-state index contributed by atoms with van der Waals surface area (Å²) in [5, 5.41) is 17.5. The van der Waals surface area contributed by atoms with Crippen molar-refractivity contribution in [1.82, 2.24) is 30.0 Å². The van der Waals surface area contributed by atoms with Gasteiger partial charge in [-0.15, -0.1) is 0 Å². The summed E-state index contributed by atoms with van der Waals surface area (Å²) < 4.78 is 14.1. The number of amides is 1. The number of carboxylic acid groups (broad SMARTS) is 1. The molecular weight excluding hydrogens is 524 g/mol. The predicted molar refractivity (Wildman–Crippen MR) is 156 cm³/mol. The fourth-order valence-electron chi connectivity index (χ4n) is 4.90. The minimum absolute atomic E-state index is 0.108. The Morgan fingerprint density at radius 3 is 2.80 bits per heavy atom. The van der Waals surface area contributed by atoms with Crippen molar-refractivity contribution < 1.29 is 19.4 Å². The van der Waals surface area contributed by atoms with Crippen LogP contribution in [0.25, 0.3) is 33.5 Å². The lowest BCUT2D eigenvalue weighted by molar-refractivity contribution is 0.0818. The second-order valence-electron chi connectivity index (χ2n) is 11.4. The van der Waals surface area contributed by atoms with Gasteiger partial charge < -0.3 is 19.9 Å². The molecule has 210 valence electrons. The molecule has 0 spiro atoms. The third-order valence-electron chi connectivity index (χ3n) is 7.01. The second-order valence-corrected chi connectivity index (χ2v) is 17.1. The van der Waals surface area contributed by atoms with E-state index in [9.17, 15) is 4.79 Å². The van der Waals surface area contributed by atoms with Crippen LogP contribution in [0.5, 0.6) is 5.88 Å². The Balaban J connectivity index is 1.43. The molecule has 4 aromatic rings. The first-order valence-corrected chi connectivity index (χ1v) is 17.4.